The van der Waals surface area contributed by atoms with E-state index in [9.17, 15) is 0 Å². The van der Waals surface area contributed by atoms with Crippen molar-refractivity contribution in [1.82, 2.24) is 0 Å². The summed E-state index contributed by atoms with van der Waals surface area (Å²) in [5.41, 5.74) is 6.06. The Morgan fingerprint density at radius 1 is 0.800 bits per heavy atom. The molecule has 92 valence electrons. The Bertz CT molecular complexity index is 129. The highest BCUT2D eigenvalue weighted by Gasteiger charge is 2.15. The largest absolute Gasteiger partial charge is 0.330 e. The van der Waals surface area contributed by atoms with E-state index in [1.807, 2.05) is 0 Å². The molecule has 0 bridgehead atoms. The van der Waals surface area contributed by atoms with E-state index in [1.165, 1.54) is 57.8 Å². The van der Waals surface area contributed by atoms with Crippen molar-refractivity contribution < 1.29 is 0 Å². The molecule has 0 aliphatic heterocycles. The summed E-state index contributed by atoms with van der Waals surface area (Å²) >= 11 is 0. The predicted molar refractivity (Wildman–Crippen MR) is 70.1 cm³/mol. The summed E-state index contributed by atoms with van der Waals surface area (Å²) in [7, 11) is 0. The standard InChI is InChI=1S/C14H31N/c1-4-5-6-7-8-9-11-14(2,3)12-10-13-15/h4-13,15H2,1-3H3. The van der Waals surface area contributed by atoms with Crippen LogP contribution in [0.5, 0.6) is 0 Å². The minimum Gasteiger partial charge on any atom is -0.330 e. The summed E-state index contributed by atoms with van der Waals surface area (Å²) < 4.78 is 0. The first kappa shape index (κ1) is 15.0. The smallest absolute Gasteiger partial charge is 0.00771 e. The Hall–Kier alpha value is -0.0400. The van der Waals surface area contributed by atoms with Gasteiger partial charge < -0.3 is 5.73 Å². The van der Waals surface area contributed by atoms with Crippen LogP contribution in [0.25, 0.3) is 0 Å². The van der Waals surface area contributed by atoms with Crippen molar-refractivity contribution in [1.29, 1.82) is 0 Å². The molecule has 0 amide bonds. The molecule has 0 aliphatic carbocycles. The Labute approximate surface area is 96.8 Å². The van der Waals surface area contributed by atoms with Crippen molar-refractivity contribution in [2.24, 2.45) is 11.1 Å². The molecule has 0 aromatic heterocycles. The average molecular weight is 213 g/mol. The summed E-state index contributed by atoms with van der Waals surface area (Å²) in [6.07, 6.45) is 12.3. The fraction of sp³-hybridized carbons (Fsp3) is 1.00. The molecule has 0 fully saturated rings. The molecular weight excluding hydrogens is 182 g/mol. The molecule has 2 N–H and O–H groups in total. The molecule has 0 aliphatic rings. The van der Waals surface area contributed by atoms with Crippen LogP contribution in [0.2, 0.25) is 0 Å². The minimum atomic E-state index is 0.518. The zero-order valence-electron chi connectivity index (χ0n) is 11.1. The van der Waals surface area contributed by atoms with Crippen molar-refractivity contribution in [2.75, 3.05) is 6.54 Å². The van der Waals surface area contributed by atoms with Gasteiger partial charge >= 0.3 is 0 Å². The quantitative estimate of drug-likeness (QED) is 0.531. The molecule has 0 spiro atoms. The monoisotopic (exact) mass is 213 g/mol. The fourth-order valence-corrected chi connectivity index (χ4v) is 2.09. The number of hydrogen-bond acceptors (Lipinski definition) is 1. The minimum absolute atomic E-state index is 0.518. The van der Waals surface area contributed by atoms with E-state index < -0.39 is 0 Å². The van der Waals surface area contributed by atoms with Gasteiger partial charge in [0.05, 0.1) is 0 Å². The van der Waals surface area contributed by atoms with Crippen LogP contribution in [0, 0.1) is 5.41 Å². The lowest BCUT2D eigenvalue weighted by Gasteiger charge is -2.24. The van der Waals surface area contributed by atoms with Crippen LogP contribution < -0.4 is 5.73 Å². The molecule has 0 rings (SSSR count). The Morgan fingerprint density at radius 3 is 1.93 bits per heavy atom. The molecule has 1 nitrogen and oxygen atoms in total. The summed E-state index contributed by atoms with van der Waals surface area (Å²) in [6.45, 7) is 7.89. The second-order valence-electron chi connectivity index (χ2n) is 5.57. The molecule has 1 heteroatoms. The average Bonchev–Trinajstić information content (AvgIpc) is 2.20. The van der Waals surface area contributed by atoms with Gasteiger partial charge in [-0.05, 0) is 31.2 Å². The third-order valence-electron chi connectivity index (χ3n) is 3.26. The van der Waals surface area contributed by atoms with Gasteiger partial charge in [0.1, 0.15) is 0 Å². The van der Waals surface area contributed by atoms with Gasteiger partial charge in [0.15, 0.2) is 0 Å². The highest BCUT2D eigenvalue weighted by atomic mass is 14.5. The van der Waals surface area contributed by atoms with Gasteiger partial charge in [-0.2, -0.15) is 0 Å². The van der Waals surface area contributed by atoms with Crippen molar-refractivity contribution in [3.05, 3.63) is 0 Å². The maximum Gasteiger partial charge on any atom is -0.00771 e. The SMILES string of the molecule is CCCCCCCCC(C)(C)CCCN. The van der Waals surface area contributed by atoms with E-state index in [0.29, 0.717) is 5.41 Å². The third kappa shape index (κ3) is 10.2. The molecule has 0 saturated carbocycles. The maximum absolute atomic E-state index is 5.55. The Balaban J connectivity index is 3.32. The molecular formula is C14H31N. The summed E-state index contributed by atoms with van der Waals surface area (Å²) in [6, 6.07) is 0. The number of nitrogens with two attached hydrogens (primary N) is 1. The van der Waals surface area contributed by atoms with Crippen molar-refractivity contribution in [2.45, 2.75) is 78.6 Å². The van der Waals surface area contributed by atoms with Crippen LogP contribution in [-0.2, 0) is 0 Å². The molecule has 0 aromatic rings. The first-order valence-electron chi connectivity index (χ1n) is 6.82. The lowest BCUT2D eigenvalue weighted by molar-refractivity contribution is 0.288. The van der Waals surface area contributed by atoms with E-state index in [1.54, 1.807) is 0 Å². The van der Waals surface area contributed by atoms with Gasteiger partial charge in [0.25, 0.3) is 0 Å². The van der Waals surface area contributed by atoms with E-state index in [2.05, 4.69) is 20.8 Å². The summed E-state index contributed by atoms with van der Waals surface area (Å²) in [5.74, 6) is 0. The normalized spacial score (nSPS) is 12.0. The van der Waals surface area contributed by atoms with Gasteiger partial charge in [0, 0.05) is 0 Å². The second kappa shape index (κ2) is 9.21. The lowest BCUT2D eigenvalue weighted by Crippen LogP contribution is -2.13. The molecule has 0 atom stereocenters. The van der Waals surface area contributed by atoms with Crippen LogP contribution in [-0.4, -0.2) is 6.54 Å². The maximum atomic E-state index is 5.55. The van der Waals surface area contributed by atoms with Crippen LogP contribution in [0.15, 0.2) is 0 Å². The third-order valence-corrected chi connectivity index (χ3v) is 3.26. The van der Waals surface area contributed by atoms with Gasteiger partial charge in [-0.15, -0.1) is 0 Å². The molecule has 0 aromatic carbocycles. The predicted octanol–water partition coefficient (Wildman–Crippen LogP) is 4.50. The number of unbranched alkanes of at least 4 members (excludes halogenated alkanes) is 5. The van der Waals surface area contributed by atoms with Crippen molar-refractivity contribution >= 4 is 0 Å². The van der Waals surface area contributed by atoms with E-state index in [-0.39, 0.29) is 0 Å². The topological polar surface area (TPSA) is 26.0 Å². The van der Waals surface area contributed by atoms with Crippen LogP contribution >= 0.6 is 0 Å². The van der Waals surface area contributed by atoms with Gasteiger partial charge in [-0.1, -0.05) is 59.3 Å². The lowest BCUT2D eigenvalue weighted by atomic mass is 9.82. The van der Waals surface area contributed by atoms with Crippen molar-refractivity contribution in [3.8, 4) is 0 Å². The van der Waals surface area contributed by atoms with Crippen LogP contribution in [0.4, 0.5) is 0 Å². The zero-order valence-corrected chi connectivity index (χ0v) is 11.1. The van der Waals surface area contributed by atoms with E-state index >= 15 is 0 Å². The van der Waals surface area contributed by atoms with E-state index in [4.69, 9.17) is 5.73 Å². The van der Waals surface area contributed by atoms with Crippen LogP contribution in [0.1, 0.15) is 78.6 Å². The first-order valence-corrected chi connectivity index (χ1v) is 6.82. The Morgan fingerprint density at radius 2 is 1.33 bits per heavy atom. The molecule has 0 radical (unpaired) electrons. The summed E-state index contributed by atoms with van der Waals surface area (Å²) in [5, 5.41) is 0. The van der Waals surface area contributed by atoms with Crippen LogP contribution in [0.3, 0.4) is 0 Å². The van der Waals surface area contributed by atoms with Crippen molar-refractivity contribution in [3.63, 3.8) is 0 Å². The second-order valence-corrected chi connectivity index (χ2v) is 5.57. The fourth-order valence-electron chi connectivity index (χ4n) is 2.09. The highest BCUT2D eigenvalue weighted by Crippen LogP contribution is 2.29. The Kier molecular flexibility index (Phi) is 9.18. The van der Waals surface area contributed by atoms with E-state index in [0.717, 1.165) is 6.54 Å². The first-order chi connectivity index (χ1) is 7.12. The van der Waals surface area contributed by atoms with Gasteiger partial charge in [0.2, 0.25) is 0 Å². The molecule has 15 heavy (non-hydrogen) atoms. The van der Waals surface area contributed by atoms with Gasteiger partial charge in [-0.25, -0.2) is 0 Å². The number of hydrogen-bond donors (Lipinski definition) is 1. The molecule has 0 unspecified atom stereocenters. The number of rotatable bonds is 10. The molecule has 0 saturated heterocycles. The van der Waals surface area contributed by atoms with Gasteiger partial charge in [-0.3, -0.25) is 0 Å². The summed E-state index contributed by atoms with van der Waals surface area (Å²) in [4.78, 5) is 0. The highest BCUT2D eigenvalue weighted by molar-refractivity contribution is 4.68. The molecule has 0 heterocycles. The zero-order chi connectivity index (χ0) is 11.6.